The number of aliphatic carboxylic acids is 1. The fourth-order valence-electron chi connectivity index (χ4n) is 4.24. The third-order valence-electron chi connectivity index (χ3n) is 5.81. The van der Waals surface area contributed by atoms with Crippen LogP contribution in [0.3, 0.4) is 0 Å². The highest BCUT2D eigenvalue weighted by Crippen LogP contribution is 2.42. The number of rotatable bonds is 10. The van der Waals surface area contributed by atoms with Gasteiger partial charge in [0.15, 0.2) is 0 Å². The van der Waals surface area contributed by atoms with Crippen LogP contribution >= 0.6 is 7.37 Å². The second kappa shape index (κ2) is 10.7. The van der Waals surface area contributed by atoms with Gasteiger partial charge in [-0.15, -0.1) is 0 Å². The molecule has 1 amide bonds. The number of hydrogen-bond acceptors (Lipinski definition) is 3. The zero-order chi connectivity index (χ0) is 22.3. The average molecular weight is 443 g/mol. The minimum Gasteiger partial charge on any atom is -0.480 e. The van der Waals surface area contributed by atoms with Gasteiger partial charge in [0.1, 0.15) is 12.2 Å². The number of carboxylic acid groups (broad SMARTS) is 1. The number of carbonyl (C=O) groups is 2. The number of nitrogens with zero attached hydrogens (tertiary/aromatic N) is 1. The first-order valence-corrected chi connectivity index (χ1v) is 12.8. The predicted octanol–water partition coefficient (Wildman–Crippen LogP) is 3.82. The van der Waals surface area contributed by atoms with Crippen molar-refractivity contribution in [3.8, 4) is 0 Å². The van der Waals surface area contributed by atoms with Crippen LogP contribution in [-0.2, 0) is 27.0 Å². The molecule has 1 aliphatic rings. The second-order valence-electron chi connectivity index (χ2n) is 8.36. The van der Waals surface area contributed by atoms with E-state index in [0.29, 0.717) is 25.8 Å². The molecule has 0 saturated carbocycles. The van der Waals surface area contributed by atoms with E-state index in [0.717, 1.165) is 18.4 Å². The minimum absolute atomic E-state index is 0.0244. The van der Waals surface area contributed by atoms with Gasteiger partial charge >= 0.3 is 5.97 Å². The first kappa shape index (κ1) is 23.2. The van der Waals surface area contributed by atoms with Crippen molar-refractivity contribution in [1.82, 2.24) is 4.90 Å². The Balaban J connectivity index is 1.51. The number of benzene rings is 2. The van der Waals surface area contributed by atoms with Gasteiger partial charge in [0, 0.05) is 12.7 Å². The van der Waals surface area contributed by atoms with Gasteiger partial charge in [0.05, 0.1) is 0 Å². The molecular weight excluding hydrogens is 413 g/mol. The van der Waals surface area contributed by atoms with E-state index in [2.05, 4.69) is 0 Å². The van der Waals surface area contributed by atoms with E-state index < -0.39 is 31.4 Å². The van der Waals surface area contributed by atoms with E-state index in [4.69, 9.17) is 0 Å². The molecule has 166 valence electrons. The first-order valence-electron chi connectivity index (χ1n) is 10.7. The highest BCUT2D eigenvalue weighted by Gasteiger charge is 2.41. The summed E-state index contributed by atoms with van der Waals surface area (Å²) in [4.78, 5) is 36.1. The summed E-state index contributed by atoms with van der Waals surface area (Å²) in [5, 5.41) is 9.57. The van der Waals surface area contributed by atoms with Crippen LogP contribution in [-0.4, -0.2) is 51.7 Å². The summed E-state index contributed by atoms with van der Waals surface area (Å²) in [6, 6.07) is 18.7. The van der Waals surface area contributed by atoms with E-state index in [1.165, 1.54) is 10.5 Å². The molecule has 0 radical (unpaired) electrons. The standard InChI is InChI=1S/C24H30NO5P/c26-23(18-31(29,30)14-8-7-11-19-9-3-1-4-10-19)25-17-21(16-22(25)24(27)28)15-20-12-5-2-6-13-20/h1-6,9-10,12-13,21-22H,7-8,11,14-18H2,(H,27,28)(H,29,30)/t21-,22-/m0/s1. The molecule has 1 fully saturated rings. The Bertz CT molecular complexity index is 918. The van der Waals surface area contributed by atoms with Crippen LogP contribution in [0, 0.1) is 5.92 Å². The molecule has 7 heteroatoms. The summed E-state index contributed by atoms with van der Waals surface area (Å²) in [5.41, 5.74) is 2.27. The summed E-state index contributed by atoms with van der Waals surface area (Å²) in [6.07, 6.45) is 2.78. The van der Waals surface area contributed by atoms with Crippen molar-refractivity contribution in [2.45, 2.75) is 38.1 Å². The Morgan fingerprint density at radius 3 is 2.19 bits per heavy atom. The summed E-state index contributed by atoms with van der Waals surface area (Å²) < 4.78 is 12.6. The van der Waals surface area contributed by atoms with Crippen molar-refractivity contribution in [1.29, 1.82) is 0 Å². The number of hydrogen-bond donors (Lipinski definition) is 2. The van der Waals surface area contributed by atoms with Crippen LogP contribution in [0.15, 0.2) is 60.7 Å². The molecule has 0 spiro atoms. The molecule has 6 nitrogen and oxygen atoms in total. The lowest BCUT2D eigenvalue weighted by atomic mass is 9.97. The second-order valence-corrected chi connectivity index (χ2v) is 10.8. The molecule has 0 aliphatic carbocycles. The van der Waals surface area contributed by atoms with E-state index in [9.17, 15) is 24.2 Å². The third kappa shape index (κ3) is 7.05. The largest absolute Gasteiger partial charge is 0.480 e. The van der Waals surface area contributed by atoms with E-state index in [1.54, 1.807) is 0 Å². The Kier molecular flexibility index (Phi) is 8.05. The highest BCUT2D eigenvalue weighted by molar-refractivity contribution is 7.58. The van der Waals surface area contributed by atoms with Crippen molar-refractivity contribution in [3.05, 3.63) is 71.8 Å². The van der Waals surface area contributed by atoms with Gasteiger partial charge in [-0.05, 0) is 49.1 Å². The van der Waals surface area contributed by atoms with Crippen molar-refractivity contribution in [2.24, 2.45) is 5.92 Å². The zero-order valence-corrected chi connectivity index (χ0v) is 18.5. The first-order chi connectivity index (χ1) is 14.8. The normalized spacial score (nSPS) is 20.4. The number of amides is 1. The number of carbonyl (C=O) groups excluding carboxylic acids is 1. The molecule has 1 heterocycles. The molecular formula is C24H30NO5P. The Morgan fingerprint density at radius 2 is 1.58 bits per heavy atom. The van der Waals surface area contributed by atoms with Crippen molar-refractivity contribution in [2.75, 3.05) is 18.9 Å². The summed E-state index contributed by atoms with van der Waals surface area (Å²) in [5.74, 6) is -1.56. The maximum absolute atomic E-state index is 12.8. The fraction of sp³-hybridized carbons (Fsp3) is 0.417. The monoisotopic (exact) mass is 443 g/mol. The summed E-state index contributed by atoms with van der Waals surface area (Å²) >= 11 is 0. The zero-order valence-electron chi connectivity index (χ0n) is 17.6. The predicted molar refractivity (Wildman–Crippen MR) is 120 cm³/mol. The summed E-state index contributed by atoms with van der Waals surface area (Å²) in [6.45, 7) is 0.304. The number of carboxylic acids is 1. The molecule has 3 atom stereocenters. The molecule has 3 rings (SSSR count). The maximum atomic E-state index is 12.8. The smallest absolute Gasteiger partial charge is 0.326 e. The molecule has 1 saturated heterocycles. The molecule has 2 aromatic carbocycles. The molecule has 31 heavy (non-hydrogen) atoms. The molecule has 0 bridgehead atoms. The van der Waals surface area contributed by atoms with E-state index >= 15 is 0 Å². The lowest BCUT2D eigenvalue weighted by Crippen LogP contribution is -2.42. The van der Waals surface area contributed by atoms with E-state index in [-0.39, 0.29) is 12.1 Å². The van der Waals surface area contributed by atoms with Gasteiger partial charge in [-0.1, -0.05) is 60.7 Å². The summed E-state index contributed by atoms with van der Waals surface area (Å²) in [7, 11) is -3.65. The third-order valence-corrected chi connectivity index (χ3v) is 7.59. The van der Waals surface area contributed by atoms with Gasteiger partial charge in [0.25, 0.3) is 0 Å². The van der Waals surface area contributed by atoms with Gasteiger partial charge in [0.2, 0.25) is 13.3 Å². The van der Waals surface area contributed by atoms with Crippen molar-refractivity contribution >= 4 is 19.2 Å². The lowest BCUT2D eigenvalue weighted by Gasteiger charge is -2.23. The van der Waals surface area contributed by atoms with Crippen LogP contribution in [0.1, 0.15) is 30.4 Å². The molecule has 0 aromatic heterocycles. The fourth-order valence-corrected chi connectivity index (χ4v) is 5.72. The molecule has 1 aliphatic heterocycles. The van der Waals surface area contributed by atoms with Crippen LogP contribution < -0.4 is 0 Å². The highest BCUT2D eigenvalue weighted by atomic mass is 31.2. The number of likely N-dealkylation sites (tertiary alicyclic amines) is 1. The van der Waals surface area contributed by atoms with Gasteiger partial charge in [-0.25, -0.2) is 4.79 Å². The van der Waals surface area contributed by atoms with E-state index in [1.807, 2.05) is 60.7 Å². The Labute approximate surface area is 183 Å². The van der Waals surface area contributed by atoms with Crippen LogP contribution in [0.25, 0.3) is 0 Å². The van der Waals surface area contributed by atoms with Crippen LogP contribution in [0.5, 0.6) is 0 Å². The Morgan fingerprint density at radius 1 is 0.968 bits per heavy atom. The van der Waals surface area contributed by atoms with Gasteiger partial charge in [-0.2, -0.15) is 0 Å². The lowest BCUT2D eigenvalue weighted by molar-refractivity contribution is -0.147. The average Bonchev–Trinajstić information content (AvgIpc) is 3.17. The number of aryl methyl sites for hydroxylation is 1. The van der Waals surface area contributed by atoms with Crippen LogP contribution in [0.4, 0.5) is 0 Å². The molecule has 1 unspecified atom stereocenters. The van der Waals surface area contributed by atoms with Crippen LogP contribution in [0.2, 0.25) is 0 Å². The SMILES string of the molecule is O=C(O)[C@@H]1C[C@H](Cc2ccccc2)CN1C(=O)CP(=O)(O)CCCCc1ccccc1. The van der Waals surface area contributed by atoms with Gasteiger partial charge in [-0.3, -0.25) is 9.36 Å². The Hall–Kier alpha value is -2.43. The topological polar surface area (TPSA) is 94.9 Å². The minimum atomic E-state index is -3.65. The van der Waals surface area contributed by atoms with Gasteiger partial charge < -0.3 is 14.9 Å². The number of unbranched alkanes of at least 4 members (excludes halogenated alkanes) is 1. The quantitative estimate of drug-likeness (QED) is 0.430. The maximum Gasteiger partial charge on any atom is 0.326 e. The van der Waals surface area contributed by atoms with Crippen molar-refractivity contribution in [3.63, 3.8) is 0 Å². The molecule has 2 N–H and O–H groups in total. The van der Waals surface area contributed by atoms with Crippen molar-refractivity contribution < 1.29 is 24.2 Å². The molecule has 2 aromatic rings.